The SMILES string of the molecule is c1ccc(-c2ccc(-n3c4ccccc4c4cc(-c5cc6c7ccccc7sc6c6c5c5ccccc5n6-c5ccc(-c6ccccc6)cc5)ccc43)cc2)cc1. The van der Waals surface area contributed by atoms with Crippen LogP contribution in [0.1, 0.15) is 0 Å². The Balaban J connectivity index is 1.11. The zero-order valence-electron chi connectivity index (χ0n) is 30.9. The van der Waals surface area contributed by atoms with Crippen molar-refractivity contribution in [3.8, 4) is 44.8 Å². The van der Waals surface area contributed by atoms with E-state index in [2.05, 4.69) is 215 Å². The summed E-state index contributed by atoms with van der Waals surface area (Å²) >= 11 is 1.90. The van der Waals surface area contributed by atoms with E-state index in [-0.39, 0.29) is 0 Å². The first-order valence-electron chi connectivity index (χ1n) is 19.5. The van der Waals surface area contributed by atoms with Crippen LogP contribution in [0.25, 0.3) is 109 Å². The minimum Gasteiger partial charge on any atom is -0.309 e. The van der Waals surface area contributed by atoms with Crippen LogP contribution in [0.15, 0.2) is 206 Å². The molecule has 0 spiro atoms. The fourth-order valence-corrected chi connectivity index (χ4v) is 10.3. The molecule has 12 aromatic rings. The number of fused-ring (bicyclic) bond motifs is 10. The minimum absolute atomic E-state index is 1.16. The highest BCUT2D eigenvalue weighted by atomic mass is 32.1. The lowest BCUT2D eigenvalue weighted by molar-refractivity contribution is 1.18. The molecule has 3 aromatic heterocycles. The average Bonchev–Trinajstić information content (AvgIpc) is 3.95. The highest BCUT2D eigenvalue weighted by Gasteiger charge is 2.23. The largest absolute Gasteiger partial charge is 0.309 e. The summed E-state index contributed by atoms with van der Waals surface area (Å²) in [6.45, 7) is 0. The molecular weight excluding hydrogens is 709 g/mol. The first-order chi connectivity index (χ1) is 28.3. The fourth-order valence-electron chi connectivity index (χ4n) is 9.11. The highest BCUT2D eigenvalue weighted by molar-refractivity contribution is 7.26. The van der Waals surface area contributed by atoms with Crippen molar-refractivity contribution in [1.29, 1.82) is 0 Å². The molecule has 0 saturated heterocycles. The molecular formula is C54H34N2S. The van der Waals surface area contributed by atoms with Gasteiger partial charge in [0, 0.05) is 48.4 Å². The molecule has 0 saturated carbocycles. The lowest BCUT2D eigenvalue weighted by Gasteiger charge is -2.12. The molecule has 0 unspecified atom stereocenters. The molecule has 0 fully saturated rings. The van der Waals surface area contributed by atoms with E-state index in [1.807, 2.05) is 11.3 Å². The Morgan fingerprint density at radius 2 is 0.807 bits per heavy atom. The van der Waals surface area contributed by atoms with E-state index in [0.29, 0.717) is 0 Å². The molecule has 0 aliphatic heterocycles. The van der Waals surface area contributed by atoms with Gasteiger partial charge in [0.15, 0.2) is 0 Å². The zero-order chi connectivity index (χ0) is 37.5. The number of rotatable bonds is 5. The monoisotopic (exact) mass is 742 g/mol. The molecule has 3 heteroatoms. The van der Waals surface area contributed by atoms with Crippen molar-refractivity contribution in [2.24, 2.45) is 0 Å². The van der Waals surface area contributed by atoms with Gasteiger partial charge in [-0.05, 0) is 94.0 Å². The van der Waals surface area contributed by atoms with E-state index in [0.717, 1.165) is 11.4 Å². The van der Waals surface area contributed by atoms with Crippen LogP contribution in [0, 0.1) is 0 Å². The van der Waals surface area contributed by atoms with Crippen molar-refractivity contribution >= 4 is 75.1 Å². The van der Waals surface area contributed by atoms with Crippen LogP contribution in [-0.4, -0.2) is 9.13 Å². The molecule has 0 atom stereocenters. The maximum Gasteiger partial charge on any atom is 0.0726 e. The Kier molecular flexibility index (Phi) is 7.13. The van der Waals surface area contributed by atoms with E-state index in [4.69, 9.17) is 0 Å². The van der Waals surface area contributed by atoms with Gasteiger partial charge in [0.1, 0.15) is 0 Å². The lowest BCUT2D eigenvalue weighted by atomic mass is 9.95. The minimum atomic E-state index is 1.16. The third kappa shape index (κ3) is 4.96. The van der Waals surface area contributed by atoms with E-state index in [1.165, 1.54) is 97.2 Å². The number of nitrogens with zero attached hydrogens (tertiary/aromatic N) is 2. The van der Waals surface area contributed by atoms with E-state index in [1.54, 1.807) is 0 Å². The van der Waals surface area contributed by atoms with Gasteiger partial charge in [-0.25, -0.2) is 0 Å². The van der Waals surface area contributed by atoms with Gasteiger partial charge < -0.3 is 9.13 Å². The van der Waals surface area contributed by atoms with Crippen LogP contribution in [0.5, 0.6) is 0 Å². The molecule has 12 rings (SSSR count). The summed E-state index contributed by atoms with van der Waals surface area (Å²) in [6, 6.07) is 75.5. The van der Waals surface area contributed by atoms with Gasteiger partial charge in [0.05, 0.1) is 26.8 Å². The van der Waals surface area contributed by atoms with E-state index < -0.39 is 0 Å². The molecule has 0 aliphatic rings. The summed E-state index contributed by atoms with van der Waals surface area (Å²) in [7, 11) is 0. The van der Waals surface area contributed by atoms with Crippen molar-refractivity contribution < 1.29 is 0 Å². The van der Waals surface area contributed by atoms with Crippen molar-refractivity contribution in [2.45, 2.75) is 0 Å². The van der Waals surface area contributed by atoms with Gasteiger partial charge in [-0.1, -0.05) is 146 Å². The Bertz CT molecular complexity index is 3480. The number of benzene rings is 9. The standard InChI is InChI=1S/C54H34N2S/c1-3-13-35(14-4-1)37-23-28-40(29-24-37)55-48-20-10-7-17-42(48)46-33-39(27-32-50(46)55)45-34-47-43-18-9-12-22-51(43)57-54(47)53-52(45)44-19-8-11-21-49(44)56(53)41-30-25-38(26-31-41)36-15-5-2-6-16-36/h1-34H. The Labute approximate surface area is 333 Å². The van der Waals surface area contributed by atoms with Crippen molar-refractivity contribution in [3.63, 3.8) is 0 Å². The fraction of sp³-hybridized carbons (Fsp3) is 0. The number of thiophene rings is 1. The molecule has 2 nitrogen and oxygen atoms in total. The normalized spacial score (nSPS) is 11.9. The molecule has 0 bridgehead atoms. The lowest BCUT2D eigenvalue weighted by Crippen LogP contribution is -1.94. The second-order valence-corrected chi connectivity index (χ2v) is 15.9. The van der Waals surface area contributed by atoms with Crippen LogP contribution in [0.4, 0.5) is 0 Å². The quantitative estimate of drug-likeness (QED) is 0.166. The van der Waals surface area contributed by atoms with Crippen molar-refractivity contribution in [2.75, 3.05) is 0 Å². The first kappa shape index (κ1) is 32.1. The second kappa shape index (κ2) is 12.7. The van der Waals surface area contributed by atoms with Gasteiger partial charge in [0.2, 0.25) is 0 Å². The predicted octanol–water partition coefficient (Wildman–Crippen LogP) is 15.2. The molecule has 3 heterocycles. The summed E-state index contributed by atoms with van der Waals surface area (Å²) in [5, 5.41) is 7.64. The summed E-state index contributed by atoms with van der Waals surface area (Å²) in [5.41, 5.74) is 14.5. The summed E-state index contributed by atoms with van der Waals surface area (Å²) in [6.07, 6.45) is 0. The summed E-state index contributed by atoms with van der Waals surface area (Å²) < 4.78 is 7.54. The highest BCUT2D eigenvalue weighted by Crippen LogP contribution is 2.48. The van der Waals surface area contributed by atoms with E-state index in [9.17, 15) is 0 Å². The van der Waals surface area contributed by atoms with Crippen LogP contribution in [0.3, 0.4) is 0 Å². The van der Waals surface area contributed by atoms with Gasteiger partial charge in [-0.3, -0.25) is 0 Å². The van der Waals surface area contributed by atoms with Crippen LogP contribution in [-0.2, 0) is 0 Å². The topological polar surface area (TPSA) is 9.86 Å². The van der Waals surface area contributed by atoms with Gasteiger partial charge in [-0.2, -0.15) is 0 Å². The number of hydrogen-bond acceptors (Lipinski definition) is 1. The van der Waals surface area contributed by atoms with Crippen molar-refractivity contribution in [3.05, 3.63) is 206 Å². The van der Waals surface area contributed by atoms with E-state index >= 15 is 0 Å². The van der Waals surface area contributed by atoms with Crippen LogP contribution in [0.2, 0.25) is 0 Å². The Morgan fingerprint density at radius 3 is 1.47 bits per heavy atom. The average molecular weight is 743 g/mol. The molecule has 0 aliphatic carbocycles. The second-order valence-electron chi connectivity index (χ2n) is 14.9. The smallest absolute Gasteiger partial charge is 0.0726 e. The third-order valence-corrected chi connectivity index (χ3v) is 12.9. The maximum absolute atomic E-state index is 2.50. The molecule has 0 amide bonds. The summed E-state index contributed by atoms with van der Waals surface area (Å²) in [4.78, 5) is 0. The van der Waals surface area contributed by atoms with Gasteiger partial charge >= 0.3 is 0 Å². The number of hydrogen-bond donors (Lipinski definition) is 0. The molecule has 0 radical (unpaired) electrons. The zero-order valence-corrected chi connectivity index (χ0v) is 31.7. The third-order valence-electron chi connectivity index (χ3n) is 11.7. The first-order valence-corrected chi connectivity index (χ1v) is 20.3. The van der Waals surface area contributed by atoms with Gasteiger partial charge in [-0.15, -0.1) is 11.3 Å². The Hall–Kier alpha value is -7.20. The Morgan fingerprint density at radius 1 is 0.316 bits per heavy atom. The summed E-state index contributed by atoms with van der Waals surface area (Å²) in [5.74, 6) is 0. The molecule has 57 heavy (non-hydrogen) atoms. The van der Waals surface area contributed by atoms with Crippen molar-refractivity contribution in [1.82, 2.24) is 9.13 Å². The number of para-hydroxylation sites is 2. The number of aromatic nitrogens is 2. The van der Waals surface area contributed by atoms with Gasteiger partial charge in [0.25, 0.3) is 0 Å². The van der Waals surface area contributed by atoms with Crippen LogP contribution < -0.4 is 0 Å². The molecule has 9 aromatic carbocycles. The molecule has 0 N–H and O–H groups in total. The molecule has 266 valence electrons. The predicted molar refractivity (Wildman–Crippen MR) is 244 cm³/mol. The van der Waals surface area contributed by atoms with Crippen LogP contribution >= 0.6 is 11.3 Å². The maximum atomic E-state index is 2.50.